The third kappa shape index (κ3) is 4.25. The van der Waals surface area contributed by atoms with E-state index in [1.807, 2.05) is 56.6 Å². The van der Waals surface area contributed by atoms with Crippen LogP contribution in [-0.2, 0) is 17.8 Å². The molecule has 176 valence electrons. The van der Waals surface area contributed by atoms with Gasteiger partial charge in [0.2, 0.25) is 5.91 Å². The van der Waals surface area contributed by atoms with Gasteiger partial charge in [-0.15, -0.1) is 0 Å². The molecule has 1 N–H and O–H groups in total. The van der Waals surface area contributed by atoms with Crippen LogP contribution >= 0.6 is 0 Å². The summed E-state index contributed by atoms with van der Waals surface area (Å²) in [5, 5.41) is 8.40. The molecule has 7 heteroatoms. The molecule has 2 heterocycles. The van der Waals surface area contributed by atoms with Crippen molar-refractivity contribution in [1.82, 2.24) is 14.3 Å². The number of benzene rings is 2. The molecule has 0 saturated heterocycles. The standard InChI is InChI=1S/C27H29FN4O2/c1-6-31-26-25(19(5)30-32(26)21-11-7-16(2)8-12-21)18(4)22(27(31)34)13-14-24(33)29-20-10-9-17(3)23(28)15-20/h7-12,15H,6,13-14H2,1-5H3,(H,29,33). The van der Waals surface area contributed by atoms with E-state index in [-0.39, 0.29) is 30.1 Å². The molecular formula is C27H29FN4O2. The lowest BCUT2D eigenvalue weighted by Crippen LogP contribution is -2.27. The first-order chi connectivity index (χ1) is 16.2. The number of pyridine rings is 1. The molecule has 0 radical (unpaired) electrons. The van der Waals surface area contributed by atoms with Crippen molar-refractivity contribution in [3.05, 3.63) is 86.6 Å². The van der Waals surface area contributed by atoms with Crippen LogP contribution < -0.4 is 10.9 Å². The summed E-state index contributed by atoms with van der Waals surface area (Å²) >= 11 is 0. The molecule has 0 atom stereocenters. The van der Waals surface area contributed by atoms with Gasteiger partial charge in [-0.1, -0.05) is 23.8 Å². The number of anilines is 1. The highest BCUT2D eigenvalue weighted by Gasteiger charge is 2.21. The summed E-state index contributed by atoms with van der Waals surface area (Å²) in [6, 6.07) is 12.6. The van der Waals surface area contributed by atoms with E-state index >= 15 is 0 Å². The lowest BCUT2D eigenvalue weighted by Gasteiger charge is -2.14. The number of aromatic nitrogens is 3. The predicted molar refractivity (Wildman–Crippen MR) is 133 cm³/mol. The number of carbonyl (C=O) groups is 1. The van der Waals surface area contributed by atoms with Crippen LogP contribution in [0, 0.1) is 33.5 Å². The number of fused-ring (bicyclic) bond motifs is 1. The van der Waals surface area contributed by atoms with Gasteiger partial charge in [-0.05, 0) is 76.4 Å². The van der Waals surface area contributed by atoms with Crippen LogP contribution in [0.1, 0.15) is 41.3 Å². The molecule has 4 rings (SSSR count). The molecule has 0 aliphatic rings. The number of rotatable bonds is 6. The van der Waals surface area contributed by atoms with Crippen LogP contribution in [0.2, 0.25) is 0 Å². The first kappa shape index (κ1) is 23.4. The van der Waals surface area contributed by atoms with Crippen molar-refractivity contribution in [3.8, 4) is 5.69 Å². The molecule has 0 fully saturated rings. The van der Waals surface area contributed by atoms with Gasteiger partial charge in [-0.3, -0.25) is 14.2 Å². The van der Waals surface area contributed by atoms with E-state index < -0.39 is 0 Å². The quantitative estimate of drug-likeness (QED) is 0.433. The number of halogens is 1. The third-order valence-corrected chi connectivity index (χ3v) is 6.28. The fraction of sp³-hybridized carbons (Fsp3) is 0.296. The molecule has 0 spiro atoms. The van der Waals surface area contributed by atoms with Crippen molar-refractivity contribution in [2.75, 3.05) is 5.32 Å². The molecule has 6 nitrogen and oxygen atoms in total. The van der Waals surface area contributed by atoms with Crippen molar-refractivity contribution < 1.29 is 9.18 Å². The highest BCUT2D eigenvalue weighted by Crippen LogP contribution is 2.26. The maximum Gasteiger partial charge on any atom is 0.255 e. The van der Waals surface area contributed by atoms with E-state index in [1.165, 1.54) is 6.07 Å². The zero-order valence-corrected chi connectivity index (χ0v) is 20.2. The Morgan fingerprint density at radius 3 is 2.41 bits per heavy atom. The molecule has 0 bridgehead atoms. The van der Waals surface area contributed by atoms with E-state index in [1.54, 1.807) is 23.6 Å². The molecule has 0 aliphatic carbocycles. The molecule has 2 aromatic heterocycles. The normalized spacial score (nSPS) is 11.2. The number of hydrogen-bond acceptors (Lipinski definition) is 3. The average molecular weight is 461 g/mol. The van der Waals surface area contributed by atoms with E-state index in [4.69, 9.17) is 5.10 Å². The second-order valence-electron chi connectivity index (χ2n) is 8.70. The largest absolute Gasteiger partial charge is 0.326 e. The highest BCUT2D eigenvalue weighted by atomic mass is 19.1. The highest BCUT2D eigenvalue weighted by molar-refractivity contribution is 5.91. The van der Waals surface area contributed by atoms with E-state index in [0.29, 0.717) is 23.4 Å². The summed E-state index contributed by atoms with van der Waals surface area (Å²) in [5.41, 5.74) is 5.88. The number of nitrogens with one attached hydrogen (secondary N) is 1. The molecule has 1 amide bonds. The van der Waals surface area contributed by atoms with E-state index in [0.717, 1.165) is 33.5 Å². The zero-order chi connectivity index (χ0) is 24.6. The lowest BCUT2D eigenvalue weighted by molar-refractivity contribution is -0.116. The minimum atomic E-state index is -0.369. The Morgan fingerprint density at radius 1 is 1.06 bits per heavy atom. The van der Waals surface area contributed by atoms with Crippen molar-refractivity contribution >= 4 is 22.6 Å². The fourth-order valence-corrected chi connectivity index (χ4v) is 4.36. The summed E-state index contributed by atoms with van der Waals surface area (Å²) < 4.78 is 17.3. The van der Waals surface area contributed by atoms with Gasteiger partial charge in [0.05, 0.1) is 11.4 Å². The Bertz CT molecular complexity index is 1450. The van der Waals surface area contributed by atoms with Gasteiger partial charge in [-0.25, -0.2) is 9.07 Å². The first-order valence-corrected chi connectivity index (χ1v) is 11.5. The van der Waals surface area contributed by atoms with Gasteiger partial charge in [0.15, 0.2) is 0 Å². The summed E-state index contributed by atoms with van der Waals surface area (Å²) in [4.78, 5) is 26.0. The average Bonchev–Trinajstić information content (AvgIpc) is 3.14. The second-order valence-corrected chi connectivity index (χ2v) is 8.70. The number of hydrogen-bond donors (Lipinski definition) is 1. The summed E-state index contributed by atoms with van der Waals surface area (Å²) in [6.45, 7) is 9.96. The fourth-order valence-electron chi connectivity index (χ4n) is 4.36. The maximum atomic E-state index is 13.8. The number of nitrogens with zero attached hydrogens (tertiary/aromatic N) is 3. The monoisotopic (exact) mass is 460 g/mol. The Hall–Kier alpha value is -3.74. The first-order valence-electron chi connectivity index (χ1n) is 11.5. The van der Waals surface area contributed by atoms with E-state index in [9.17, 15) is 14.0 Å². The van der Waals surface area contributed by atoms with Gasteiger partial charge in [0.25, 0.3) is 5.56 Å². The molecule has 0 aliphatic heterocycles. The van der Waals surface area contributed by atoms with Crippen molar-refractivity contribution in [2.45, 2.75) is 54.0 Å². The van der Waals surface area contributed by atoms with Gasteiger partial charge in [0.1, 0.15) is 11.5 Å². The molecule has 0 saturated carbocycles. The number of aryl methyl sites for hydroxylation is 5. The molecular weight excluding hydrogens is 431 g/mol. The SMILES string of the molecule is CCn1c(=O)c(CCC(=O)Nc2ccc(C)c(F)c2)c(C)c2c(C)nn(-c3ccc(C)cc3)c21. The topological polar surface area (TPSA) is 68.9 Å². The molecule has 4 aromatic rings. The summed E-state index contributed by atoms with van der Waals surface area (Å²) in [5.74, 6) is -0.636. The third-order valence-electron chi connectivity index (χ3n) is 6.28. The Kier molecular flexibility index (Phi) is 6.37. The van der Waals surface area contributed by atoms with E-state index in [2.05, 4.69) is 5.32 Å². The summed E-state index contributed by atoms with van der Waals surface area (Å²) in [7, 11) is 0. The summed E-state index contributed by atoms with van der Waals surface area (Å²) in [6.07, 6.45) is 0.405. The number of amides is 1. The van der Waals surface area contributed by atoms with Gasteiger partial charge in [0, 0.05) is 29.6 Å². The Balaban J connectivity index is 1.69. The number of carbonyl (C=O) groups excluding carboxylic acids is 1. The van der Waals surface area contributed by atoms with Crippen LogP contribution in [0.25, 0.3) is 16.7 Å². The van der Waals surface area contributed by atoms with Crippen LogP contribution in [0.4, 0.5) is 10.1 Å². The van der Waals surface area contributed by atoms with Gasteiger partial charge in [-0.2, -0.15) is 5.10 Å². The van der Waals surface area contributed by atoms with Crippen molar-refractivity contribution in [2.24, 2.45) is 0 Å². The van der Waals surface area contributed by atoms with Crippen LogP contribution in [0.3, 0.4) is 0 Å². The molecule has 2 aromatic carbocycles. The van der Waals surface area contributed by atoms with Gasteiger partial charge >= 0.3 is 0 Å². The lowest BCUT2D eigenvalue weighted by atomic mass is 10.0. The van der Waals surface area contributed by atoms with Crippen LogP contribution in [0.15, 0.2) is 47.3 Å². The minimum Gasteiger partial charge on any atom is -0.326 e. The zero-order valence-electron chi connectivity index (χ0n) is 20.2. The second kappa shape index (κ2) is 9.25. The molecule has 34 heavy (non-hydrogen) atoms. The minimum absolute atomic E-state index is 0.116. The Morgan fingerprint density at radius 2 is 1.76 bits per heavy atom. The van der Waals surface area contributed by atoms with Crippen molar-refractivity contribution in [1.29, 1.82) is 0 Å². The Labute approximate surface area is 198 Å². The smallest absolute Gasteiger partial charge is 0.255 e. The van der Waals surface area contributed by atoms with Crippen molar-refractivity contribution in [3.63, 3.8) is 0 Å². The maximum absolute atomic E-state index is 13.8. The van der Waals surface area contributed by atoms with Crippen LogP contribution in [-0.4, -0.2) is 20.3 Å². The van der Waals surface area contributed by atoms with Gasteiger partial charge < -0.3 is 5.32 Å². The predicted octanol–water partition coefficient (Wildman–Crippen LogP) is 5.15. The van der Waals surface area contributed by atoms with Crippen LogP contribution in [0.5, 0.6) is 0 Å². The molecule has 0 unspecified atom stereocenters.